The number of nitrogen functional groups attached to an aromatic ring is 1. The van der Waals surface area contributed by atoms with E-state index >= 15 is 0 Å². The molecule has 12 nitrogen and oxygen atoms in total. The number of carbonyl (C=O) groups is 4. The Morgan fingerprint density at radius 2 is 1.84 bits per heavy atom. The standard InChI is InChI=1S/C25H28N6O6S/c1-3-36-17-9-7-16(8-10-17)21(24(34)29-13-18(32)37-4-2)31(14-15-6-5-11-28-12-15)25(35)22-19(26)20(23(27)33)30-38-22/h5-12,21H,3-4,13-14,26H2,1-2H3,(H2,27,33)(H,29,34). The quantitative estimate of drug-likeness (QED) is 0.288. The number of amides is 3. The number of benzene rings is 1. The summed E-state index contributed by atoms with van der Waals surface area (Å²) in [6, 6.07) is 8.85. The Morgan fingerprint density at radius 3 is 2.42 bits per heavy atom. The van der Waals surface area contributed by atoms with E-state index < -0.39 is 36.3 Å². The summed E-state index contributed by atoms with van der Waals surface area (Å²) in [5, 5.41) is 2.54. The minimum absolute atomic E-state index is 0.0549. The average Bonchev–Trinajstić information content (AvgIpc) is 3.30. The minimum Gasteiger partial charge on any atom is -0.494 e. The Hall–Kier alpha value is -4.52. The molecule has 0 bridgehead atoms. The van der Waals surface area contributed by atoms with E-state index in [4.69, 9.17) is 20.9 Å². The fraction of sp³-hybridized carbons (Fsp3) is 0.280. The number of rotatable bonds is 12. The number of ether oxygens (including phenoxy) is 2. The van der Waals surface area contributed by atoms with Crippen LogP contribution in [0.2, 0.25) is 0 Å². The van der Waals surface area contributed by atoms with E-state index in [1.807, 2.05) is 6.92 Å². The zero-order valence-electron chi connectivity index (χ0n) is 20.9. The van der Waals surface area contributed by atoms with Crippen LogP contribution in [0.15, 0.2) is 48.8 Å². The van der Waals surface area contributed by atoms with Crippen molar-refractivity contribution in [2.24, 2.45) is 5.73 Å². The van der Waals surface area contributed by atoms with E-state index in [0.717, 1.165) is 0 Å². The van der Waals surface area contributed by atoms with Crippen molar-refractivity contribution in [3.63, 3.8) is 0 Å². The van der Waals surface area contributed by atoms with Crippen LogP contribution in [-0.4, -0.2) is 57.7 Å². The fourth-order valence-electron chi connectivity index (χ4n) is 3.58. The Morgan fingerprint density at radius 1 is 1.11 bits per heavy atom. The Bertz CT molecular complexity index is 1280. The molecule has 0 spiro atoms. The largest absolute Gasteiger partial charge is 0.494 e. The van der Waals surface area contributed by atoms with Crippen molar-refractivity contribution in [1.29, 1.82) is 0 Å². The number of hydrogen-bond donors (Lipinski definition) is 3. The van der Waals surface area contributed by atoms with Crippen LogP contribution >= 0.6 is 11.5 Å². The highest BCUT2D eigenvalue weighted by Gasteiger charge is 2.35. The van der Waals surface area contributed by atoms with E-state index in [1.165, 1.54) is 4.90 Å². The third kappa shape index (κ3) is 6.82. The minimum atomic E-state index is -1.22. The third-order valence-corrected chi connectivity index (χ3v) is 6.12. The summed E-state index contributed by atoms with van der Waals surface area (Å²) in [6.07, 6.45) is 3.13. The molecule has 13 heteroatoms. The second kappa shape index (κ2) is 13.1. The second-order valence-electron chi connectivity index (χ2n) is 7.86. The molecule has 0 fully saturated rings. The summed E-state index contributed by atoms with van der Waals surface area (Å²) >= 11 is 0.701. The lowest BCUT2D eigenvalue weighted by Gasteiger charge is -2.31. The molecular weight excluding hydrogens is 512 g/mol. The molecule has 3 rings (SSSR count). The molecule has 200 valence electrons. The van der Waals surface area contributed by atoms with Crippen molar-refractivity contribution in [1.82, 2.24) is 19.6 Å². The second-order valence-corrected chi connectivity index (χ2v) is 8.63. The van der Waals surface area contributed by atoms with Crippen molar-refractivity contribution in [2.75, 3.05) is 25.5 Å². The molecule has 3 amide bonds. The van der Waals surface area contributed by atoms with E-state index in [9.17, 15) is 19.2 Å². The number of nitrogens with zero attached hydrogens (tertiary/aromatic N) is 3. The van der Waals surface area contributed by atoms with Gasteiger partial charge in [0, 0.05) is 18.9 Å². The molecule has 0 aliphatic carbocycles. The summed E-state index contributed by atoms with van der Waals surface area (Å²) in [4.78, 5) is 56.4. The Kier molecular flexibility index (Phi) is 9.71. The van der Waals surface area contributed by atoms with Gasteiger partial charge >= 0.3 is 5.97 Å². The first-order valence-corrected chi connectivity index (χ1v) is 12.4. The van der Waals surface area contributed by atoms with Gasteiger partial charge in [-0.2, -0.15) is 4.37 Å². The number of aromatic nitrogens is 2. The molecule has 0 radical (unpaired) electrons. The van der Waals surface area contributed by atoms with Gasteiger partial charge in [0.2, 0.25) is 5.91 Å². The van der Waals surface area contributed by atoms with Crippen molar-refractivity contribution < 1.29 is 28.7 Å². The first kappa shape index (κ1) is 28.1. The molecule has 2 heterocycles. The molecule has 1 atom stereocenters. The van der Waals surface area contributed by atoms with Crippen LogP contribution in [0.1, 0.15) is 51.2 Å². The predicted molar refractivity (Wildman–Crippen MR) is 139 cm³/mol. The zero-order valence-corrected chi connectivity index (χ0v) is 21.7. The van der Waals surface area contributed by atoms with Gasteiger partial charge in [-0.05, 0) is 54.7 Å². The van der Waals surface area contributed by atoms with Crippen molar-refractivity contribution in [3.05, 3.63) is 70.5 Å². The van der Waals surface area contributed by atoms with E-state index in [1.54, 1.807) is 55.7 Å². The molecule has 1 unspecified atom stereocenters. The molecule has 0 saturated carbocycles. The van der Waals surface area contributed by atoms with E-state index in [2.05, 4.69) is 14.7 Å². The molecule has 2 aromatic heterocycles. The fourth-order valence-corrected chi connectivity index (χ4v) is 4.34. The first-order chi connectivity index (χ1) is 18.3. The van der Waals surface area contributed by atoms with Crippen molar-refractivity contribution >= 4 is 40.9 Å². The summed E-state index contributed by atoms with van der Waals surface area (Å²) < 4.78 is 14.3. The van der Waals surface area contributed by atoms with Gasteiger partial charge in [0.25, 0.3) is 11.8 Å². The average molecular weight is 541 g/mol. The Labute approximate surface area is 223 Å². The topological polar surface area (TPSA) is 180 Å². The number of hydrogen-bond acceptors (Lipinski definition) is 10. The number of nitrogens with two attached hydrogens (primary N) is 2. The number of pyridine rings is 1. The van der Waals surface area contributed by atoms with Gasteiger partial charge in [0.15, 0.2) is 5.69 Å². The molecule has 0 saturated heterocycles. The van der Waals surface area contributed by atoms with Crippen LogP contribution in [-0.2, 0) is 20.9 Å². The smallest absolute Gasteiger partial charge is 0.325 e. The maximum atomic E-state index is 13.9. The van der Waals surface area contributed by atoms with Gasteiger partial charge < -0.3 is 31.2 Å². The predicted octanol–water partition coefficient (Wildman–Crippen LogP) is 1.68. The highest BCUT2D eigenvalue weighted by molar-refractivity contribution is 7.09. The molecule has 3 aromatic rings. The monoisotopic (exact) mass is 540 g/mol. The van der Waals surface area contributed by atoms with Crippen LogP contribution < -0.4 is 21.5 Å². The number of carbonyl (C=O) groups excluding carboxylic acids is 4. The molecule has 5 N–H and O–H groups in total. The maximum Gasteiger partial charge on any atom is 0.325 e. The SMILES string of the molecule is CCOC(=O)CNC(=O)C(c1ccc(OCC)cc1)N(Cc1cccnc1)C(=O)c1snc(C(N)=O)c1N. The van der Waals surface area contributed by atoms with Gasteiger partial charge in [0.05, 0.1) is 18.9 Å². The van der Waals surface area contributed by atoms with E-state index in [0.29, 0.717) is 35.0 Å². The highest BCUT2D eigenvalue weighted by atomic mass is 32.1. The number of esters is 1. The summed E-state index contributed by atoms with van der Waals surface area (Å²) in [5.74, 6) is -2.25. The molecule has 1 aromatic carbocycles. The van der Waals surface area contributed by atoms with Gasteiger partial charge in [-0.25, -0.2) is 0 Å². The molecule has 0 aliphatic rings. The van der Waals surface area contributed by atoms with Gasteiger partial charge in [0.1, 0.15) is 23.2 Å². The summed E-state index contributed by atoms with van der Waals surface area (Å²) in [5.41, 5.74) is 12.0. The third-order valence-electron chi connectivity index (χ3n) is 5.27. The van der Waals surface area contributed by atoms with Gasteiger partial charge in [-0.15, -0.1) is 0 Å². The van der Waals surface area contributed by atoms with Crippen molar-refractivity contribution in [2.45, 2.75) is 26.4 Å². The number of nitrogens with one attached hydrogen (secondary N) is 1. The summed E-state index contributed by atoms with van der Waals surface area (Å²) in [7, 11) is 0. The van der Waals surface area contributed by atoms with Crippen LogP contribution in [0.3, 0.4) is 0 Å². The molecule has 38 heavy (non-hydrogen) atoms. The highest BCUT2D eigenvalue weighted by Crippen LogP contribution is 2.31. The number of primary amides is 1. The lowest BCUT2D eigenvalue weighted by molar-refractivity contribution is -0.143. The molecular formula is C25H28N6O6S. The molecule has 0 aliphatic heterocycles. The summed E-state index contributed by atoms with van der Waals surface area (Å²) in [6.45, 7) is 3.63. The van der Waals surface area contributed by atoms with Crippen molar-refractivity contribution in [3.8, 4) is 5.75 Å². The van der Waals surface area contributed by atoms with Crippen LogP contribution in [0, 0.1) is 0 Å². The van der Waals surface area contributed by atoms with Gasteiger partial charge in [-0.1, -0.05) is 18.2 Å². The van der Waals surface area contributed by atoms with Crippen LogP contribution in [0.25, 0.3) is 0 Å². The zero-order chi connectivity index (χ0) is 27.7. The van der Waals surface area contributed by atoms with E-state index in [-0.39, 0.29) is 29.4 Å². The van der Waals surface area contributed by atoms with Gasteiger partial charge in [-0.3, -0.25) is 24.2 Å². The lowest BCUT2D eigenvalue weighted by Crippen LogP contribution is -2.44. The first-order valence-electron chi connectivity index (χ1n) is 11.7. The maximum absolute atomic E-state index is 13.9. The Balaban J connectivity index is 2.08. The normalized spacial score (nSPS) is 11.3. The van der Waals surface area contributed by atoms with Crippen LogP contribution in [0.4, 0.5) is 5.69 Å². The number of anilines is 1. The van der Waals surface area contributed by atoms with Crippen LogP contribution in [0.5, 0.6) is 5.75 Å². The lowest BCUT2D eigenvalue weighted by atomic mass is 10.0.